The standard InChI is InChI=1S/C14H24N2O.C2H6/c1-12(2)15-11-13(3)10-14-4-6-16(7-5-14)8-9-17;1-2/h11,14,17H,1,3-10H2,2H3;1-2H3. The number of aliphatic hydroxyl groups is 1. The van der Waals surface area contributed by atoms with Gasteiger partial charge < -0.3 is 10.0 Å². The predicted molar refractivity (Wildman–Crippen MR) is 84.7 cm³/mol. The fourth-order valence-corrected chi connectivity index (χ4v) is 2.18. The van der Waals surface area contributed by atoms with Crippen molar-refractivity contribution in [2.75, 3.05) is 26.2 Å². The van der Waals surface area contributed by atoms with Gasteiger partial charge in [0.15, 0.2) is 0 Å². The molecule has 0 amide bonds. The molecule has 0 aromatic rings. The molecule has 0 unspecified atom stereocenters. The van der Waals surface area contributed by atoms with Crippen LogP contribution in [-0.4, -0.2) is 42.5 Å². The van der Waals surface area contributed by atoms with E-state index in [0.717, 1.165) is 37.3 Å². The molecule has 0 aromatic carbocycles. The summed E-state index contributed by atoms with van der Waals surface area (Å²) in [5, 5.41) is 8.87. The molecule has 1 aliphatic heterocycles. The van der Waals surface area contributed by atoms with Crippen LogP contribution in [0.5, 0.6) is 0 Å². The Hall–Kier alpha value is -0.930. The first kappa shape index (κ1) is 18.1. The second-order valence-electron chi connectivity index (χ2n) is 4.86. The molecular weight excluding hydrogens is 236 g/mol. The Labute approximate surface area is 118 Å². The summed E-state index contributed by atoms with van der Waals surface area (Å²) in [4.78, 5) is 6.49. The highest BCUT2D eigenvalue weighted by Crippen LogP contribution is 2.22. The third-order valence-electron chi connectivity index (χ3n) is 3.14. The number of nitrogens with zero attached hydrogens (tertiary/aromatic N) is 2. The summed E-state index contributed by atoms with van der Waals surface area (Å²) >= 11 is 0. The maximum atomic E-state index is 8.87. The number of rotatable bonds is 6. The van der Waals surface area contributed by atoms with E-state index in [-0.39, 0.29) is 6.61 Å². The van der Waals surface area contributed by atoms with E-state index in [1.807, 2.05) is 27.0 Å². The third kappa shape index (κ3) is 8.73. The molecule has 0 aliphatic carbocycles. The van der Waals surface area contributed by atoms with Gasteiger partial charge >= 0.3 is 0 Å². The Kier molecular flexibility index (Phi) is 10.4. The molecule has 0 bridgehead atoms. The molecule has 1 N–H and O–H groups in total. The van der Waals surface area contributed by atoms with E-state index in [2.05, 4.69) is 23.1 Å². The van der Waals surface area contributed by atoms with Crippen molar-refractivity contribution in [2.24, 2.45) is 10.9 Å². The first-order chi connectivity index (χ1) is 9.11. The fraction of sp³-hybridized carbons (Fsp3) is 0.688. The lowest BCUT2D eigenvalue weighted by Crippen LogP contribution is -2.35. The number of β-amino-alcohol motifs (C(OH)–C–C–N with tert-alkyl or cyclic N) is 1. The second kappa shape index (κ2) is 10.9. The van der Waals surface area contributed by atoms with E-state index >= 15 is 0 Å². The molecule has 1 rings (SSSR count). The van der Waals surface area contributed by atoms with Crippen molar-refractivity contribution in [2.45, 2.75) is 40.0 Å². The molecule has 0 atom stereocenters. The van der Waals surface area contributed by atoms with Gasteiger partial charge in [-0.1, -0.05) is 27.0 Å². The van der Waals surface area contributed by atoms with Crippen molar-refractivity contribution in [3.8, 4) is 0 Å². The molecule has 3 heteroatoms. The summed E-state index contributed by atoms with van der Waals surface area (Å²) in [6, 6.07) is 0. The highest BCUT2D eigenvalue weighted by atomic mass is 16.3. The van der Waals surface area contributed by atoms with E-state index < -0.39 is 0 Å². The summed E-state index contributed by atoms with van der Waals surface area (Å²) in [5.74, 6) is 0.717. The van der Waals surface area contributed by atoms with Crippen LogP contribution in [0.3, 0.4) is 0 Å². The molecule has 3 nitrogen and oxygen atoms in total. The molecule has 19 heavy (non-hydrogen) atoms. The number of aliphatic hydroxyl groups excluding tert-OH is 1. The largest absolute Gasteiger partial charge is 0.395 e. The highest BCUT2D eigenvalue weighted by Gasteiger charge is 2.18. The third-order valence-corrected chi connectivity index (χ3v) is 3.14. The van der Waals surface area contributed by atoms with E-state index in [0.29, 0.717) is 5.92 Å². The van der Waals surface area contributed by atoms with E-state index in [1.165, 1.54) is 12.8 Å². The average molecular weight is 266 g/mol. The molecule has 0 radical (unpaired) electrons. The first-order valence-corrected chi connectivity index (χ1v) is 7.32. The van der Waals surface area contributed by atoms with Gasteiger partial charge in [-0.05, 0) is 50.8 Å². The van der Waals surface area contributed by atoms with Crippen molar-refractivity contribution in [1.82, 2.24) is 4.90 Å². The minimum absolute atomic E-state index is 0.267. The SMILES string of the molecule is C=C(C=NC(=C)C)CC1CCN(CCO)CC1.CC. The Morgan fingerprint density at radius 2 is 1.89 bits per heavy atom. The van der Waals surface area contributed by atoms with Gasteiger partial charge in [0, 0.05) is 18.5 Å². The minimum Gasteiger partial charge on any atom is -0.395 e. The quantitative estimate of drug-likeness (QED) is 0.749. The Morgan fingerprint density at radius 1 is 1.32 bits per heavy atom. The molecule has 110 valence electrons. The normalized spacial score (nSPS) is 17.1. The van der Waals surface area contributed by atoms with Crippen LogP contribution in [0.25, 0.3) is 0 Å². The van der Waals surface area contributed by atoms with Crippen LogP contribution >= 0.6 is 0 Å². The molecular formula is C16H30N2O. The minimum atomic E-state index is 0.267. The van der Waals surface area contributed by atoms with Crippen LogP contribution in [-0.2, 0) is 0 Å². The zero-order valence-corrected chi connectivity index (χ0v) is 12.9. The molecule has 0 spiro atoms. The monoisotopic (exact) mass is 266 g/mol. The lowest BCUT2D eigenvalue weighted by molar-refractivity contribution is 0.148. The van der Waals surface area contributed by atoms with Crippen molar-refractivity contribution in [3.63, 3.8) is 0 Å². The maximum Gasteiger partial charge on any atom is 0.0558 e. The van der Waals surface area contributed by atoms with Crippen molar-refractivity contribution in [3.05, 3.63) is 24.4 Å². The van der Waals surface area contributed by atoms with Crippen LogP contribution < -0.4 is 0 Å². The molecule has 0 aromatic heterocycles. The Balaban J connectivity index is 0.00000154. The van der Waals surface area contributed by atoms with Gasteiger partial charge in [0.25, 0.3) is 0 Å². The van der Waals surface area contributed by atoms with Gasteiger partial charge in [0.1, 0.15) is 0 Å². The molecule has 1 fully saturated rings. The van der Waals surface area contributed by atoms with E-state index in [9.17, 15) is 0 Å². The number of hydrogen-bond acceptors (Lipinski definition) is 3. The smallest absolute Gasteiger partial charge is 0.0558 e. The predicted octanol–water partition coefficient (Wildman–Crippen LogP) is 3.27. The van der Waals surface area contributed by atoms with E-state index in [1.54, 1.807) is 0 Å². The number of allylic oxidation sites excluding steroid dienone is 2. The van der Waals surface area contributed by atoms with Gasteiger partial charge in [-0.3, -0.25) is 4.99 Å². The zero-order chi connectivity index (χ0) is 14.7. The van der Waals surface area contributed by atoms with Crippen LogP contribution in [0.2, 0.25) is 0 Å². The van der Waals surface area contributed by atoms with Crippen LogP contribution in [0.15, 0.2) is 29.4 Å². The van der Waals surface area contributed by atoms with E-state index in [4.69, 9.17) is 5.11 Å². The lowest BCUT2D eigenvalue weighted by atomic mass is 9.91. The topological polar surface area (TPSA) is 35.8 Å². The van der Waals surface area contributed by atoms with Crippen LogP contribution in [0.1, 0.15) is 40.0 Å². The summed E-state index contributed by atoms with van der Waals surface area (Å²) in [5.41, 5.74) is 1.91. The second-order valence-corrected chi connectivity index (χ2v) is 4.86. The van der Waals surface area contributed by atoms with Gasteiger partial charge in [-0.2, -0.15) is 0 Å². The fourth-order valence-electron chi connectivity index (χ4n) is 2.18. The van der Waals surface area contributed by atoms with Crippen molar-refractivity contribution >= 4 is 6.21 Å². The van der Waals surface area contributed by atoms with Crippen LogP contribution in [0, 0.1) is 5.92 Å². The number of piperidine rings is 1. The summed E-state index contributed by atoms with van der Waals surface area (Å²) in [6.45, 7) is 16.9. The molecule has 1 aliphatic rings. The van der Waals surface area contributed by atoms with Crippen LogP contribution in [0.4, 0.5) is 0 Å². The molecule has 1 heterocycles. The van der Waals surface area contributed by atoms with Gasteiger partial charge in [0.2, 0.25) is 0 Å². The Morgan fingerprint density at radius 3 is 2.37 bits per heavy atom. The number of aliphatic imine (C=N–C) groups is 1. The summed E-state index contributed by atoms with van der Waals surface area (Å²) < 4.78 is 0. The Bertz CT molecular complexity index is 289. The number of hydrogen-bond donors (Lipinski definition) is 1. The zero-order valence-electron chi connectivity index (χ0n) is 12.9. The average Bonchev–Trinajstić information content (AvgIpc) is 2.41. The number of likely N-dealkylation sites (tertiary alicyclic amines) is 1. The van der Waals surface area contributed by atoms with Gasteiger partial charge in [-0.15, -0.1) is 0 Å². The summed E-state index contributed by atoms with van der Waals surface area (Å²) in [7, 11) is 0. The van der Waals surface area contributed by atoms with Crippen molar-refractivity contribution < 1.29 is 5.11 Å². The maximum absolute atomic E-state index is 8.87. The molecule has 1 saturated heterocycles. The van der Waals surface area contributed by atoms with Gasteiger partial charge in [0.05, 0.1) is 6.61 Å². The molecule has 0 saturated carbocycles. The summed E-state index contributed by atoms with van der Waals surface area (Å²) in [6.07, 6.45) is 5.26. The highest BCUT2D eigenvalue weighted by molar-refractivity contribution is 5.78. The van der Waals surface area contributed by atoms with Crippen molar-refractivity contribution in [1.29, 1.82) is 0 Å². The lowest BCUT2D eigenvalue weighted by Gasteiger charge is -2.31. The first-order valence-electron chi connectivity index (χ1n) is 7.32. The van der Waals surface area contributed by atoms with Gasteiger partial charge in [-0.25, -0.2) is 0 Å².